The van der Waals surface area contributed by atoms with E-state index in [2.05, 4.69) is 20.8 Å². The Labute approximate surface area is 115 Å². The Hall–Kier alpha value is 0.833. The van der Waals surface area contributed by atoms with Crippen LogP contribution in [0.2, 0.25) is 15.8 Å². The zero-order valence-electron chi connectivity index (χ0n) is 12.1. The Balaban J connectivity index is 2.48. The third kappa shape index (κ3) is 5.55. The van der Waals surface area contributed by atoms with Crippen molar-refractivity contribution in [2.24, 2.45) is 11.8 Å². The molecule has 0 aromatic carbocycles. The van der Waals surface area contributed by atoms with E-state index < -0.39 is 12.3 Å². The molecule has 1 aliphatic rings. The van der Waals surface area contributed by atoms with E-state index in [9.17, 15) is 0 Å². The molecule has 0 N–H and O–H groups in total. The van der Waals surface area contributed by atoms with Gasteiger partial charge in [-0.15, -0.1) is 0 Å². The molecule has 0 saturated heterocycles. The molecular weight excluding hydrogens is 288 g/mol. The van der Waals surface area contributed by atoms with Gasteiger partial charge < -0.3 is 0 Å². The van der Waals surface area contributed by atoms with Crippen molar-refractivity contribution in [1.29, 1.82) is 0 Å². The molecule has 0 heterocycles. The van der Waals surface area contributed by atoms with Crippen molar-refractivity contribution in [3.8, 4) is 0 Å². The quantitative estimate of drug-likeness (QED) is 0.467. The molecule has 2 heteroatoms. The SMILES string of the molecule is CCC[CH2][Ge]([Cl])([CH2]CCC)[CH2]C1CCCC1C. The molecule has 0 bridgehead atoms. The number of halogens is 1. The van der Waals surface area contributed by atoms with Gasteiger partial charge in [0.1, 0.15) is 0 Å². The molecule has 17 heavy (non-hydrogen) atoms. The van der Waals surface area contributed by atoms with Gasteiger partial charge in [0.25, 0.3) is 0 Å². The predicted molar refractivity (Wildman–Crippen MR) is 82.3 cm³/mol. The molecule has 1 fully saturated rings. The maximum absolute atomic E-state index is 7.13. The van der Waals surface area contributed by atoms with Gasteiger partial charge in [-0.3, -0.25) is 0 Å². The molecule has 0 aromatic rings. The van der Waals surface area contributed by atoms with Crippen molar-refractivity contribution in [2.75, 3.05) is 0 Å². The van der Waals surface area contributed by atoms with E-state index in [0.29, 0.717) is 0 Å². The number of rotatable bonds is 8. The summed E-state index contributed by atoms with van der Waals surface area (Å²) in [7, 11) is 7.13. The van der Waals surface area contributed by atoms with E-state index in [0.717, 1.165) is 11.8 Å². The van der Waals surface area contributed by atoms with Crippen LogP contribution in [0, 0.1) is 11.8 Å². The predicted octanol–water partition coefficient (Wildman–Crippen LogP) is 6.21. The summed E-state index contributed by atoms with van der Waals surface area (Å²) in [5.74, 6) is 1.95. The summed E-state index contributed by atoms with van der Waals surface area (Å²) in [6.07, 6.45) is 9.81. The van der Waals surface area contributed by atoms with E-state index >= 15 is 0 Å². The van der Waals surface area contributed by atoms with E-state index in [4.69, 9.17) is 10.0 Å². The van der Waals surface area contributed by atoms with Crippen LogP contribution in [0.5, 0.6) is 0 Å². The third-order valence-corrected chi connectivity index (χ3v) is 15.3. The third-order valence-electron chi connectivity index (χ3n) is 4.62. The molecular formula is C15H31ClGe. The first-order valence-corrected chi connectivity index (χ1v) is 15.0. The summed E-state index contributed by atoms with van der Waals surface area (Å²) >= 11 is -1.97. The summed E-state index contributed by atoms with van der Waals surface area (Å²) in [6.45, 7) is 7.06. The molecule has 2 unspecified atom stereocenters. The topological polar surface area (TPSA) is 0 Å². The standard InChI is InChI=1S/C15H31ClGe/c1-4-6-11-17(16,12-7-5-2)13-15-10-8-9-14(15)3/h14-15H,4-13H2,1-3H3. The fourth-order valence-electron chi connectivity index (χ4n) is 3.31. The molecule has 2 atom stereocenters. The van der Waals surface area contributed by atoms with Gasteiger partial charge >= 0.3 is 116 Å². The van der Waals surface area contributed by atoms with E-state index in [1.165, 1.54) is 60.7 Å². The fourth-order valence-corrected chi connectivity index (χ4v) is 14.5. The summed E-state index contributed by atoms with van der Waals surface area (Å²) in [4.78, 5) is 0. The monoisotopic (exact) mass is 320 g/mol. The Morgan fingerprint density at radius 3 is 2.06 bits per heavy atom. The van der Waals surface area contributed by atoms with E-state index in [1.807, 2.05) is 0 Å². The molecule has 0 spiro atoms. The van der Waals surface area contributed by atoms with Crippen LogP contribution in [0.4, 0.5) is 0 Å². The van der Waals surface area contributed by atoms with Crippen LogP contribution in [0.15, 0.2) is 0 Å². The molecule has 0 radical (unpaired) electrons. The summed E-state index contributed by atoms with van der Waals surface area (Å²) in [5, 5.41) is 4.30. The zero-order valence-corrected chi connectivity index (χ0v) is 15.0. The summed E-state index contributed by atoms with van der Waals surface area (Å²) in [5.41, 5.74) is 0. The summed E-state index contributed by atoms with van der Waals surface area (Å²) in [6, 6.07) is 0. The van der Waals surface area contributed by atoms with Crippen molar-refractivity contribution < 1.29 is 0 Å². The van der Waals surface area contributed by atoms with Gasteiger partial charge in [-0.25, -0.2) is 0 Å². The normalized spacial score (nSPS) is 25.4. The van der Waals surface area contributed by atoms with Gasteiger partial charge in [0, 0.05) is 0 Å². The second kappa shape index (κ2) is 8.09. The van der Waals surface area contributed by atoms with Crippen molar-refractivity contribution in [1.82, 2.24) is 0 Å². The van der Waals surface area contributed by atoms with E-state index in [-0.39, 0.29) is 0 Å². The minimum atomic E-state index is -1.97. The van der Waals surface area contributed by atoms with E-state index in [1.54, 1.807) is 0 Å². The fraction of sp³-hybridized carbons (Fsp3) is 1.00. The Morgan fingerprint density at radius 2 is 1.65 bits per heavy atom. The summed E-state index contributed by atoms with van der Waals surface area (Å²) < 4.78 is 0. The molecule has 0 aromatic heterocycles. The Bertz CT molecular complexity index is 197. The van der Waals surface area contributed by atoms with Crippen LogP contribution in [0.3, 0.4) is 0 Å². The Morgan fingerprint density at radius 1 is 1.06 bits per heavy atom. The molecule has 1 rings (SSSR count). The van der Waals surface area contributed by atoms with Gasteiger partial charge in [0.15, 0.2) is 0 Å². The first-order chi connectivity index (χ1) is 8.11. The van der Waals surface area contributed by atoms with Gasteiger partial charge in [-0.1, -0.05) is 0 Å². The van der Waals surface area contributed by atoms with Crippen LogP contribution in [0.25, 0.3) is 0 Å². The average Bonchev–Trinajstić information content (AvgIpc) is 2.70. The molecule has 0 aliphatic heterocycles. The van der Waals surface area contributed by atoms with Gasteiger partial charge in [0.2, 0.25) is 0 Å². The first kappa shape index (κ1) is 15.9. The second-order valence-corrected chi connectivity index (χ2v) is 18.2. The van der Waals surface area contributed by atoms with Crippen LogP contribution >= 0.6 is 10.0 Å². The number of hydrogen-bond acceptors (Lipinski definition) is 0. The maximum atomic E-state index is 7.13. The molecule has 102 valence electrons. The second-order valence-electron chi connectivity index (χ2n) is 6.23. The first-order valence-electron chi connectivity index (χ1n) is 7.80. The number of hydrogen-bond donors (Lipinski definition) is 0. The van der Waals surface area contributed by atoms with Crippen molar-refractivity contribution in [2.45, 2.75) is 81.5 Å². The van der Waals surface area contributed by atoms with Crippen molar-refractivity contribution in [3.63, 3.8) is 0 Å². The molecule has 0 nitrogen and oxygen atoms in total. The zero-order chi connectivity index (χ0) is 12.7. The van der Waals surface area contributed by atoms with Crippen molar-refractivity contribution >= 4 is 22.3 Å². The average molecular weight is 319 g/mol. The Kier molecular flexibility index (Phi) is 7.56. The minimum absolute atomic E-state index is 0.960. The molecule has 1 aliphatic carbocycles. The number of unbranched alkanes of at least 4 members (excludes halogenated alkanes) is 2. The van der Waals surface area contributed by atoms with Crippen molar-refractivity contribution in [3.05, 3.63) is 0 Å². The van der Waals surface area contributed by atoms with Crippen LogP contribution in [-0.4, -0.2) is 12.3 Å². The molecule has 0 amide bonds. The van der Waals surface area contributed by atoms with Gasteiger partial charge in [0.05, 0.1) is 0 Å². The van der Waals surface area contributed by atoms with Gasteiger partial charge in [-0.05, 0) is 0 Å². The van der Waals surface area contributed by atoms with Crippen LogP contribution in [0.1, 0.15) is 65.7 Å². The molecule has 1 saturated carbocycles. The van der Waals surface area contributed by atoms with Crippen LogP contribution < -0.4 is 0 Å². The van der Waals surface area contributed by atoms with Crippen LogP contribution in [-0.2, 0) is 0 Å². The van der Waals surface area contributed by atoms with Gasteiger partial charge in [-0.2, -0.15) is 0 Å².